The number of H-pyrrole nitrogens is 1. The molecule has 2 N–H and O–H groups in total. The summed E-state index contributed by atoms with van der Waals surface area (Å²) in [5.41, 5.74) is 2.04. The zero-order valence-corrected chi connectivity index (χ0v) is 13.0. The van der Waals surface area contributed by atoms with Crippen LogP contribution in [0.1, 0.15) is 46.4 Å². The number of fused-ring (bicyclic) bond motifs is 1. The van der Waals surface area contributed by atoms with E-state index in [1.165, 1.54) is 0 Å². The molecule has 0 bridgehead atoms. The summed E-state index contributed by atoms with van der Waals surface area (Å²) >= 11 is 0. The van der Waals surface area contributed by atoms with Crippen molar-refractivity contribution < 1.29 is 4.57 Å². The molecule has 2 rings (SSSR count). The Kier molecular flexibility index (Phi) is 4.93. The van der Waals surface area contributed by atoms with Crippen molar-refractivity contribution in [1.82, 2.24) is 15.0 Å². The zero-order valence-electron chi connectivity index (χ0n) is 13.0. The Balaban J connectivity index is 2.40. The highest BCUT2D eigenvalue weighted by Gasteiger charge is 2.19. The van der Waals surface area contributed by atoms with Crippen LogP contribution in [-0.4, -0.2) is 21.5 Å². The van der Waals surface area contributed by atoms with Gasteiger partial charge in [-0.1, -0.05) is 30.7 Å². The molecule has 110 valence electrons. The van der Waals surface area contributed by atoms with Gasteiger partial charge in [0.15, 0.2) is 11.3 Å². The number of anilines is 1. The van der Waals surface area contributed by atoms with Gasteiger partial charge < -0.3 is 10.3 Å². The van der Waals surface area contributed by atoms with Gasteiger partial charge in [0.05, 0.1) is 6.54 Å². The molecule has 0 spiro atoms. The van der Waals surface area contributed by atoms with E-state index in [1.54, 1.807) is 0 Å². The van der Waals surface area contributed by atoms with E-state index >= 15 is 0 Å². The van der Waals surface area contributed by atoms with Gasteiger partial charge in [0.1, 0.15) is 0 Å². The van der Waals surface area contributed by atoms with Gasteiger partial charge in [0, 0.05) is 13.0 Å². The number of rotatable bonds is 7. The Morgan fingerprint density at radius 3 is 2.80 bits per heavy atom. The van der Waals surface area contributed by atoms with Crippen LogP contribution < -0.4 is 9.88 Å². The molecule has 5 nitrogen and oxygen atoms in total. The molecule has 2 aromatic rings. The first-order valence-corrected chi connectivity index (χ1v) is 7.66. The standard InChI is InChI=1S/C15H25N5/c1-5-7-12-18-13-14(16-6-2)17-10-20(15(13)19-12)9-8-11(3)4/h10-11H,5-9H2,1-4H3,(H,16,18,19)/p+1. The number of imidazole rings is 1. The van der Waals surface area contributed by atoms with Gasteiger partial charge >= 0.3 is 0 Å². The van der Waals surface area contributed by atoms with Crippen LogP contribution in [0.2, 0.25) is 0 Å². The van der Waals surface area contributed by atoms with Crippen molar-refractivity contribution in [3.05, 3.63) is 12.2 Å². The molecule has 0 radical (unpaired) electrons. The molecule has 0 unspecified atom stereocenters. The second kappa shape index (κ2) is 6.68. The van der Waals surface area contributed by atoms with E-state index in [1.807, 2.05) is 6.33 Å². The first-order chi connectivity index (χ1) is 9.65. The SMILES string of the molecule is CCCc1nc2c([nH]1)c(NCC)nc[n+]2CCC(C)C. The maximum absolute atomic E-state index is 4.75. The molecular formula is C15H26N5+. The summed E-state index contributed by atoms with van der Waals surface area (Å²) in [6.45, 7) is 10.6. The highest BCUT2D eigenvalue weighted by Crippen LogP contribution is 2.16. The minimum atomic E-state index is 0.681. The Morgan fingerprint density at radius 2 is 2.15 bits per heavy atom. The summed E-state index contributed by atoms with van der Waals surface area (Å²) in [4.78, 5) is 12.7. The molecule has 0 aliphatic rings. The van der Waals surface area contributed by atoms with Gasteiger partial charge in [-0.05, 0) is 25.7 Å². The van der Waals surface area contributed by atoms with Gasteiger partial charge in [-0.3, -0.25) is 0 Å². The number of nitrogens with zero attached hydrogens (tertiary/aromatic N) is 3. The number of hydrogen-bond donors (Lipinski definition) is 2. The Morgan fingerprint density at radius 1 is 1.35 bits per heavy atom. The maximum Gasteiger partial charge on any atom is 0.293 e. The lowest BCUT2D eigenvalue weighted by atomic mass is 10.1. The number of aromatic amines is 1. The minimum absolute atomic E-state index is 0.681. The molecule has 0 aliphatic heterocycles. The van der Waals surface area contributed by atoms with Gasteiger partial charge in [-0.25, -0.2) is 4.57 Å². The van der Waals surface area contributed by atoms with Crippen molar-refractivity contribution in [3.8, 4) is 0 Å². The number of nitrogens with one attached hydrogen (secondary N) is 2. The predicted molar refractivity (Wildman–Crippen MR) is 81.7 cm³/mol. The van der Waals surface area contributed by atoms with Crippen molar-refractivity contribution in [1.29, 1.82) is 0 Å². The lowest BCUT2D eigenvalue weighted by Crippen LogP contribution is -2.36. The molecule has 0 saturated carbocycles. The van der Waals surface area contributed by atoms with E-state index < -0.39 is 0 Å². The highest BCUT2D eigenvalue weighted by molar-refractivity contribution is 5.80. The molecule has 0 atom stereocenters. The summed E-state index contributed by atoms with van der Waals surface area (Å²) in [6, 6.07) is 0. The predicted octanol–water partition coefficient (Wildman–Crippen LogP) is 2.68. The van der Waals surface area contributed by atoms with E-state index in [0.29, 0.717) is 5.92 Å². The fourth-order valence-electron chi connectivity index (χ4n) is 2.25. The van der Waals surface area contributed by atoms with Crippen molar-refractivity contribution in [2.45, 2.75) is 53.5 Å². The summed E-state index contributed by atoms with van der Waals surface area (Å²) in [6.07, 6.45) is 5.11. The fourth-order valence-corrected chi connectivity index (χ4v) is 2.25. The van der Waals surface area contributed by atoms with Crippen molar-refractivity contribution >= 4 is 17.0 Å². The normalized spacial score (nSPS) is 11.4. The fraction of sp³-hybridized carbons (Fsp3) is 0.667. The molecule has 0 aromatic carbocycles. The first kappa shape index (κ1) is 14.8. The molecule has 2 aromatic heterocycles. The topological polar surface area (TPSA) is 57.5 Å². The molecule has 5 heteroatoms. The average molecular weight is 276 g/mol. The van der Waals surface area contributed by atoms with Crippen molar-refractivity contribution in [2.24, 2.45) is 5.92 Å². The summed E-state index contributed by atoms with van der Waals surface area (Å²) in [5, 5.41) is 3.30. The van der Waals surface area contributed by atoms with Crippen LogP contribution in [0.4, 0.5) is 5.82 Å². The molecule has 20 heavy (non-hydrogen) atoms. The Labute approximate surface area is 120 Å². The zero-order chi connectivity index (χ0) is 14.5. The van der Waals surface area contributed by atoms with Crippen LogP contribution in [0.25, 0.3) is 11.2 Å². The highest BCUT2D eigenvalue weighted by atomic mass is 15.2. The second-order valence-corrected chi connectivity index (χ2v) is 5.63. The average Bonchev–Trinajstić information content (AvgIpc) is 2.82. The van der Waals surface area contributed by atoms with Crippen LogP contribution in [0.3, 0.4) is 0 Å². The Hall–Kier alpha value is -1.65. The van der Waals surface area contributed by atoms with Gasteiger partial charge in [0.2, 0.25) is 12.1 Å². The number of hydrogen-bond acceptors (Lipinski definition) is 3. The number of aryl methyl sites for hydroxylation is 2. The van der Waals surface area contributed by atoms with E-state index in [4.69, 9.17) is 4.98 Å². The number of aromatic nitrogens is 4. The molecular weight excluding hydrogens is 250 g/mol. The summed E-state index contributed by atoms with van der Waals surface area (Å²) in [7, 11) is 0. The van der Waals surface area contributed by atoms with Gasteiger partial charge in [-0.15, -0.1) is 0 Å². The lowest BCUT2D eigenvalue weighted by molar-refractivity contribution is -0.677. The van der Waals surface area contributed by atoms with E-state index in [-0.39, 0.29) is 0 Å². The van der Waals surface area contributed by atoms with Crippen LogP contribution in [0, 0.1) is 5.92 Å². The minimum Gasteiger partial charge on any atom is -0.355 e. The van der Waals surface area contributed by atoms with E-state index in [9.17, 15) is 0 Å². The maximum atomic E-state index is 4.75. The third-order valence-corrected chi connectivity index (χ3v) is 3.35. The summed E-state index contributed by atoms with van der Waals surface area (Å²) in [5.74, 6) is 2.63. The third-order valence-electron chi connectivity index (χ3n) is 3.35. The molecule has 2 heterocycles. The largest absolute Gasteiger partial charge is 0.355 e. The summed E-state index contributed by atoms with van der Waals surface area (Å²) < 4.78 is 2.16. The smallest absolute Gasteiger partial charge is 0.293 e. The molecule has 0 aliphatic carbocycles. The van der Waals surface area contributed by atoms with Crippen LogP contribution in [0.5, 0.6) is 0 Å². The van der Waals surface area contributed by atoms with E-state index in [0.717, 1.165) is 55.2 Å². The van der Waals surface area contributed by atoms with Gasteiger partial charge in [0.25, 0.3) is 5.65 Å². The quantitative estimate of drug-likeness (QED) is 0.764. The van der Waals surface area contributed by atoms with E-state index in [2.05, 4.69) is 47.5 Å². The molecule has 0 saturated heterocycles. The van der Waals surface area contributed by atoms with Crippen LogP contribution in [-0.2, 0) is 13.0 Å². The third kappa shape index (κ3) is 3.26. The van der Waals surface area contributed by atoms with Crippen molar-refractivity contribution in [2.75, 3.05) is 11.9 Å². The van der Waals surface area contributed by atoms with Crippen LogP contribution >= 0.6 is 0 Å². The lowest BCUT2D eigenvalue weighted by Gasteiger charge is -2.05. The Bertz CT molecular complexity index is 559. The monoisotopic (exact) mass is 276 g/mol. The van der Waals surface area contributed by atoms with Crippen LogP contribution in [0.15, 0.2) is 6.33 Å². The van der Waals surface area contributed by atoms with Gasteiger partial charge in [-0.2, -0.15) is 0 Å². The second-order valence-electron chi connectivity index (χ2n) is 5.63. The van der Waals surface area contributed by atoms with Crippen molar-refractivity contribution in [3.63, 3.8) is 0 Å². The molecule has 0 fully saturated rings. The first-order valence-electron chi connectivity index (χ1n) is 7.66. The molecule has 0 amide bonds.